The van der Waals surface area contributed by atoms with Crippen LogP contribution in [0.4, 0.5) is 19.0 Å². The Morgan fingerprint density at radius 2 is 2.24 bits per heavy atom. The van der Waals surface area contributed by atoms with Crippen LogP contribution in [0.5, 0.6) is 0 Å². The third-order valence-electron chi connectivity index (χ3n) is 3.59. The van der Waals surface area contributed by atoms with Gasteiger partial charge in [-0.3, -0.25) is 4.90 Å². The van der Waals surface area contributed by atoms with Crippen molar-refractivity contribution in [3.8, 4) is 0 Å². The first-order chi connectivity index (χ1) is 10.0. The average molecular weight is 316 g/mol. The van der Waals surface area contributed by atoms with Gasteiger partial charge in [-0.1, -0.05) is 0 Å². The normalized spacial score (nSPS) is 20.2. The van der Waals surface area contributed by atoms with E-state index in [9.17, 15) is 13.2 Å². The highest BCUT2D eigenvalue weighted by molar-refractivity contribution is 7.16. The van der Waals surface area contributed by atoms with E-state index in [1.54, 1.807) is 11.3 Å². The van der Waals surface area contributed by atoms with E-state index in [-0.39, 0.29) is 5.92 Å². The van der Waals surface area contributed by atoms with Crippen molar-refractivity contribution < 1.29 is 13.2 Å². The fourth-order valence-electron chi connectivity index (χ4n) is 2.65. The van der Waals surface area contributed by atoms with E-state index in [0.717, 1.165) is 22.5 Å². The molecule has 0 radical (unpaired) electrons. The molecule has 1 unspecified atom stereocenters. The molecule has 1 N–H and O–H groups in total. The highest BCUT2D eigenvalue weighted by Gasteiger charge is 2.34. The Hall–Kier alpha value is -1.41. The molecule has 21 heavy (non-hydrogen) atoms. The van der Waals surface area contributed by atoms with Crippen molar-refractivity contribution in [2.24, 2.45) is 5.92 Å². The van der Waals surface area contributed by atoms with E-state index in [1.165, 1.54) is 11.2 Å². The molecule has 0 spiro atoms. The molecule has 0 bridgehead atoms. The smallest absolute Gasteiger partial charge is 0.369 e. The van der Waals surface area contributed by atoms with Crippen LogP contribution in [0.15, 0.2) is 17.8 Å². The van der Waals surface area contributed by atoms with Crippen LogP contribution in [-0.2, 0) is 0 Å². The lowest BCUT2D eigenvalue weighted by atomic mass is 10.1. The van der Waals surface area contributed by atoms with Crippen molar-refractivity contribution in [1.29, 1.82) is 0 Å². The molecule has 114 valence electrons. The number of alkyl halides is 3. The van der Waals surface area contributed by atoms with Gasteiger partial charge in [0, 0.05) is 13.1 Å². The largest absolute Gasteiger partial charge is 0.401 e. The van der Waals surface area contributed by atoms with Gasteiger partial charge >= 0.3 is 6.18 Å². The van der Waals surface area contributed by atoms with Crippen LogP contribution in [0.2, 0.25) is 0 Å². The molecule has 0 aliphatic carbocycles. The summed E-state index contributed by atoms with van der Waals surface area (Å²) < 4.78 is 37.1. The molecular formula is C13H15F3N4S. The number of fused-ring (bicyclic) bond motifs is 1. The molecule has 1 saturated heterocycles. The number of nitrogens with zero attached hydrogens (tertiary/aromatic N) is 3. The monoisotopic (exact) mass is 316 g/mol. The molecule has 1 aliphatic heterocycles. The van der Waals surface area contributed by atoms with E-state index < -0.39 is 12.7 Å². The van der Waals surface area contributed by atoms with Crippen LogP contribution in [0.1, 0.15) is 6.42 Å². The molecule has 3 heterocycles. The fourth-order valence-corrected chi connectivity index (χ4v) is 3.38. The molecule has 4 nitrogen and oxygen atoms in total. The van der Waals surface area contributed by atoms with E-state index in [0.29, 0.717) is 19.6 Å². The summed E-state index contributed by atoms with van der Waals surface area (Å²) in [6, 6.07) is 1.95. The van der Waals surface area contributed by atoms with Crippen molar-refractivity contribution in [2.45, 2.75) is 12.6 Å². The zero-order valence-electron chi connectivity index (χ0n) is 11.2. The Labute approximate surface area is 124 Å². The van der Waals surface area contributed by atoms with Gasteiger partial charge in [-0.2, -0.15) is 13.2 Å². The maximum Gasteiger partial charge on any atom is 0.401 e. The number of nitrogens with one attached hydrogen (secondary N) is 1. The van der Waals surface area contributed by atoms with Gasteiger partial charge in [0.25, 0.3) is 0 Å². The van der Waals surface area contributed by atoms with Gasteiger partial charge in [-0.25, -0.2) is 9.97 Å². The topological polar surface area (TPSA) is 41.0 Å². The van der Waals surface area contributed by atoms with Crippen molar-refractivity contribution in [3.05, 3.63) is 17.8 Å². The van der Waals surface area contributed by atoms with Gasteiger partial charge in [0.1, 0.15) is 17.0 Å². The Morgan fingerprint density at radius 1 is 1.38 bits per heavy atom. The first-order valence-corrected chi connectivity index (χ1v) is 7.60. The Kier molecular flexibility index (Phi) is 3.99. The van der Waals surface area contributed by atoms with E-state index >= 15 is 0 Å². The van der Waals surface area contributed by atoms with Gasteiger partial charge < -0.3 is 5.32 Å². The molecule has 1 fully saturated rings. The van der Waals surface area contributed by atoms with Gasteiger partial charge in [0.2, 0.25) is 0 Å². The molecule has 0 amide bonds. The number of rotatable bonds is 4. The minimum absolute atomic E-state index is 0.219. The minimum Gasteiger partial charge on any atom is -0.369 e. The quantitative estimate of drug-likeness (QED) is 0.941. The zero-order valence-corrected chi connectivity index (χ0v) is 12.0. The van der Waals surface area contributed by atoms with Crippen LogP contribution < -0.4 is 5.32 Å². The first kappa shape index (κ1) is 14.5. The number of anilines is 1. The number of hydrogen-bond donors (Lipinski definition) is 1. The van der Waals surface area contributed by atoms with Gasteiger partial charge in [0.05, 0.1) is 11.9 Å². The molecule has 0 aromatic carbocycles. The van der Waals surface area contributed by atoms with Crippen LogP contribution in [-0.4, -0.2) is 47.2 Å². The highest BCUT2D eigenvalue weighted by Crippen LogP contribution is 2.26. The minimum atomic E-state index is -4.11. The lowest BCUT2D eigenvalue weighted by Gasteiger charge is -2.18. The average Bonchev–Trinajstić information content (AvgIpc) is 3.03. The summed E-state index contributed by atoms with van der Waals surface area (Å²) in [6.45, 7) is 0.802. The molecule has 1 atom stereocenters. The van der Waals surface area contributed by atoms with Crippen LogP contribution >= 0.6 is 11.3 Å². The molecular weight excluding hydrogens is 301 g/mol. The SMILES string of the molecule is FC(F)(F)CN1CCC(CNc2ncnc3sccc23)C1. The summed E-state index contributed by atoms with van der Waals surface area (Å²) in [5, 5.41) is 6.16. The molecule has 0 saturated carbocycles. The Balaban J connectivity index is 1.56. The van der Waals surface area contributed by atoms with E-state index in [4.69, 9.17) is 0 Å². The van der Waals surface area contributed by atoms with Crippen molar-refractivity contribution in [1.82, 2.24) is 14.9 Å². The van der Waals surface area contributed by atoms with Crippen molar-refractivity contribution >= 4 is 27.4 Å². The molecule has 3 rings (SSSR count). The molecule has 2 aromatic heterocycles. The third-order valence-corrected chi connectivity index (χ3v) is 4.41. The summed E-state index contributed by atoms with van der Waals surface area (Å²) in [5.41, 5.74) is 0. The van der Waals surface area contributed by atoms with Crippen molar-refractivity contribution in [3.63, 3.8) is 0 Å². The number of halogens is 3. The van der Waals surface area contributed by atoms with Crippen LogP contribution in [0.25, 0.3) is 10.2 Å². The highest BCUT2D eigenvalue weighted by atomic mass is 32.1. The molecule has 8 heteroatoms. The Bertz CT molecular complexity index is 613. The van der Waals surface area contributed by atoms with E-state index in [1.807, 2.05) is 11.4 Å². The summed E-state index contributed by atoms with van der Waals surface area (Å²) in [7, 11) is 0. The predicted molar refractivity (Wildman–Crippen MR) is 76.5 cm³/mol. The number of aromatic nitrogens is 2. The second-order valence-electron chi connectivity index (χ2n) is 5.25. The lowest BCUT2D eigenvalue weighted by Crippen LogP contribution is -2.33. The summed E-state index contributed by atoms with van der Waals surface area (Å²) >= 11 is 1.54. The van der Waals surface area contributed by atoms with Gasteiger partial charge in [-0.05, 0) is 30.3 Å². The summed E-state index contributed by atoms with van der Waals surface area (Å²) in [5.74, 6) is 0.978. The number of thiophene rings is 1. The van der Waals surface area contributed by atoms with Crippen molar-refractivity contribution in [2.75, 3.05) is 31.5 Å². The van der Waals surface area contributed by atoms with Crippen LogP contribution in [0, 0.1) is 5.92 Å². The summed E-state index contributed by atoms with van der Waals surface area (Å²) in [4.78, 5) is 10.8. The maximum absolute atomic E-state index is 12.4. The van der Waals surface area contributed by atoms with Gasteiger partial charge in [-0.15, -0.1) is 11.3 Å². The number of hydrogen-bond acceptors (Lipinski definition) is 5. The zero-order chi connectivity index (χ0) is 14.9. The molecule has 2 aromatic rings. The number of likely N-dealkylation sites (tertiary alicyclic amines) is 1. The van der Waals surface area contributed by atoms with Crippen LogP contribution in [0.3, 0.4) is 0 Å². The van der Waals surface area contributed by atoms with Gasteiger partial charge in [0.15, 0.2) is 0 Å². The Morgan fingerprint density at radius 3 is 3.05 bits per heavy atom. The van der Waals surface area contributed by atoms with E-state index in [2.05, 4.69) is 15.3 Å². The molecule has 1 aliphatic rings. The third kappa shape index (κ3) is 3.62. The second-order valence-corrected chi connectivity index (χ2v) is 6.14. The first-order valence-electron chi connectivity index (χ1n) is 6.72. The lowest BCUT2D eigenvalue weighted by molar-refractivity contribution is -0.143. The summed E-state index contributed by atoms with van der Waals surface area (Å²) in [6.07, 6.45) is -1.83. The predicted octanol–water partition coefficient (Wildman–Crippen LogP) is 2.99. The second kappa shape index (κ2) is 5.76. The maximum atomic E-state index is 12.4. The standard InChI is InChI=1S/C13H15F3N4S/c14-13(15,16)7-20-3-1-9(6-20)5-17-11-10-2-4-21-12(10)19-8-18-11/h2,4,8-9H,1,3,5-7H2,(H,17,18,19). The fraction of sp³-hybridized carbons (Fsp3) is 0.538.